The van der Waals surface area contributed by atoms with Gasteiger partial charge in [-0.2, -0.15) is 0 Å². The molecule has 2 aliphatic heterocycles. The summed E-state index contributed by atoms with van der Waals surface area (Å²) in [4.78, 5) is 5.31. The molecule has 2 heterocycles. The average Bonchev–Trinajstić information content (AvgIpc) is 2.36. The highest BCUT2D eigenvalue weighted by Crippen LogP contribution is 2.31. The van der Waals surface area contributed by atoms with Crippen LogP contribution in [-0.2, 0) is 0 Å². The number of hydrogen-bond donors (Lipinski definition) is 1. The number of piperidine rings is 2. The van der Waals surface area contributed by atoms with Crippen LogP contribution >= 0.6 is 0 Å². The summed E-state index contributed by atoms with van der Waals surface area (Å²) in [5, 5.41) is 0. The molecule has 0 saturated carbocycles. The third-order valence-corrected chi connectivity index (χ3v) is 4.86. The SMILES string of the molecule is CCC(CCN)N1CCC2C(CCCN2C)C1. The summed E-state index contributed by atoms with van der Waals surface area (Å²) in [5.41, 5.74) is 5.73. The molecule has 0 bridgehead atoms. The first-order valence-corrected chi connectivity index (χ1v) is 7.40. The van der Waals surface area contributed by atoms with E-state index in [0.717, 1.165) is 24.5 Å². The monoisotopic (exact) mass is 239 g/mol. The molecular weight excluding hydrogens is 210 g/mol. The van der Waals surface area contributed by atoms with Gasteiger partial charge < -0.3 is 10.6 Å². The van der Waals surface area contributed by atoms with Gasteiger partial charge in [0.15, 0.2) is 0 Å². The van der Waals surface area contributed by atoms with Gasteiger partial charge in [-0.15, -0.1) is 0 Å². The minimum Gasteiger partial charge on any atom is -0.330 e. The largest absolute Gasteiger partial charge is 0.330 e. The molecule has 3 atom stereocenters. The molecule has 3 unspecified atom stereocenters. The van der Waals surface area contributed by atoms with Crippen LogP contribution in [0.3, 0.4) is 0 Å². The second kappa shape index (κ2) is 6.17. The minimum atomic E-state index is 0.730. The van der Waals surface area contributed by atoms with Crippen molar-refractivity contribution in [2.24, 2.45) is 11.7 Å². The van der Waals surface area contributed by atoms with Gasteiger partial charge in [0.05, 0.1) is 0 Å². The van der Waals surface area contributed by atoms with E-state index in [4.69, 9.17) is 5.73 Å². The Hall–Kier alpha value is -0.120. The third-order valence-electron chi connectivity index (χ3n) is 4.86. The third kappa shape index (κ3) is 3.01. The molecule has 2 fully saturated rings. The smallest absolute Gasteiger partial charge is 0.0145 e. The van der Waals surface area contributed by atoms with E-state index in [0.29, 0.717) is 0 Å². The lowest BCUT2D eigenvalue weighted by molar-refractivity contribution is 0.0180. The van der Waals surface area contributed by atoms with Crippen molar-refractivity contribution in [1.82, 2.24) is 9.80 Å². The van der Waals surface area contributed by atoms with Crippen LogP contribution in [0.25, 0.3) is 0 Å². The Morgan fingerprint density at radius 2 is 2.12 bits per heavy atom. The Morgan fingerprint density at radius 3 is 2.82 bits per heavy atom. The number of hydrogen-bond acceptors (Lipinski definition) is 3. The quantitative estimate of drug-likeness (QED) is 0.807. The molecule has 2 aliphatic rings. The lowest BCUT2D eigenvalue weighted by Crippen LogP contribution is -2.54. The van der Waals surface area contributed by atoms with Crippen LogP contribution in [-0.4, -0.2) is 55.1 Å². The predicted molar refractivity (Wildman–Crippen MR) is 73.1 cm³/mol. The summed E-state index contributed by atoms with van der Waals surface area (Å²) in [5.74, 6) is 0.911. The van der Waals surface area contributed by atoms with Gasteiger partial charge in [0.25, 0.3) is 0 Å². The summed E-state index contributed by atoms with van der Waals surface area (Å²) < 4.78 is 0. The van der Waals surface area contributed by atoms with Crippen LogP contribution in [0.2, 0.25) is 0 Å². The van der Waals surface area contributed by atoms with Crippen molar-refractivity contribution >= 4 is 0 Å². The van der Waals surface area contributed by atoms with Crippen LogP contribution < -0.4 is 5.73 Å². The van der Waals surface area contributed by atoms with Gasteiger partial charge in [-0.05, 0) is 64.7 Å². The Morgan fingerprint density at radius 1 is 1.29 bits per heavy atom. The maximum atomic E-state index is 5.73. The van der Waals surface area contributed by atoms with Crippen molar-refractivity contribution in [3.63, 3.8) is 0 Å². The molecule has 0 aromatic rings. The van der Waals surface area contributed by atoms with E-state index in [2.05, 4.69) is 23.8 Å². The molecule has 0 radical (unpaired) electrons. The van der Waals surface area contributed by atoms with Crippen LogP contribution in [0.4, 0.5) is 0 Å². The minimum absolute atomic E-state index is 0.730. The van der Waals surface area contributed by atoms with E-state index < -0.39 is 0 Å². The van der Waals surface area contributed by atoms with Crippen LogP contribution in [0.15, 0.2) is 0 Å². The van der Waals surface area contributed by atoms with E-state index >= 15 is 0 Å². The van der Waals surface area contributed by atoms with Gasteiger partial charge in [0, 0.05) is 18.6 Å². The van der Waals surface area contributed by atoms with Crippen molar-refractivity contribution in [3.8, 4) is 0 Å². The standard InChI is InChI=1S/C14H29N3/c1-3-13(6-8-15)17-10-7-14-12(11-17)5-4-9-16(14)2/h12-14H,3-11,15H2,1-2H3. The van der Waals surface area contributed by atoms with E-state index in [1.54, 1.807) is 0 Å². The average molecular weight is 239 g/mol. The second-order valence-electron chi connectivity index (χ2n) is 5.87. The first kappa shape index (κ1) is 13.3. The molecule has 0 aromatic carbocycles. The van der Waals surface area contributed by atoms with E-state index in [9.17, 15) is 0 Å². The summed E-state index contributed by atoms with van der Waals surface area (Å²) in [6, 6.07) is 1.59. The second-order valence-corrected chi connectivity index (χ2v) is 5.87. The molecule has 2 saturated heterocycles. The molecule has 0 aromatic heterocycles. The molecule has 3 heteroatoms. The molecule has 0 aliphatic carbocycles. The summed E-state index contributed by atoms with van der Waals surface area (Å²) in [6.45, 7) is 7.04. The van der Waals surface area contributed by atoms with Crippen LogP contribution in [0, 0.1) is 5.92 Å². The fourth-order valence-electron chi connectivity index (χ4n) is 3.85. The zero-order chi connectivity index (χ0) is 12.3. The highest BCUT2D eigenvalue weighted by atomic mass is 15.2. The molecule has 2 N–H and O–H groups in total. The zero-order valence-corrected chi connectivity index (χ0v) is 11.6. The topological polar surface area (TPSA) is 32.5 Å². The van der Waals surface area contributed by atoms with Gasteiger partial charge >= 0.3 is 0 Å². The van der Waals surface area contributed by atoms with Crippen LogP contribution in [0.1, 0.15) is 39.0 Å². The molecular formula is C14H29N3. The van der Waals surface area contributed by atoms with E-state index in [1.165, 1.54) is 51.7 Å². The maximum absolute atomic E-state index is 5.73. The Labute approximate surface area is 106 Å². The van der Waals surface area contributed by atoms with Crippen molar-refractivity contribution in [1.29, 1.82) is 0 Å². The summed E-state index contributed by atoms with van der Waals surface area (Å²) in [6.07, 6.45) is 6.61. The van der Waals surface area contributed by atoms with Crippen molar-refractivity contribution in [3.05, 3.63) is 0 Å². The first-order valence-electron chi connectivity index (χ1n) is 7.40. The van der Waals surface area contributed by atoms with Gasteiger partial charge in [-0.1, -0.05) is 6.92 Å². The highest BCUT2D eigenvalue weighted by molar-refractivity contribution is 4.90. The van der Waals surface area contributed by atoms with E-state index in [-0.39, 0.29) is 0 Å². The molecule has 0 amide bonds. The maximum Gasteiger partial charge on any atom is 0.0145 e. The number of nitrogens with zero attached hydrogens (tertiary/aromatic N) is 2. The molecule has 0 spiro atoms. The zero-order valence-electron chi connectivity index (χ0n) is 11.6. The van der Waals surface area contributed by atoms with Crippen molar-refractivity contribution in [2.75, 3.05) is 33.2 Å². The molecule has 17 heavy (non-hydrogen) atoms. The van der Waals surface area contributed by atoms with Gasteiger partial charge in [-0.3, -0.25) is 4.90 Å². The molecule has 2 rings (SSSR count). The predicted octanol–water partition coefficient (Wildman–Crippen LogP) is 1.53. The fraction of sp³-hybridized carbons (Fsp3) is 1.00. The summed E-state index contributed by atoms with van der Waals surface area (Å²) >= 11 is 0. The number of likely N-dealkylation sites (tertiary alicyclic amines) is 2. The Bertz CT molecular complexity index is 232. The lowest BCUT2D eigenvalue weighted by Gasteiger charge is -2.48. The number of rotatable bonds is 4. The molecule has 3 nitrogen and oxygen atoms in total. The van der Waals surface area contributed by atoms with Gasteiger partial charge in [0.1, 0.15) is 0 Å². The highest BCUT2D eigenvalue weighted by Gasteiger charge is 2.35. The van der Waals surface area contributed by atoms with Crippen molar-refractivity contribution < 1.29 is 0 Å². The van der Waals surface area contributed by atoms with Gasteiger partial charge in [-0.25, -0.2) is 0 Å². The Kier molecular flexibility index (Phi) is 4.83. The normalized spacial score (nSPS) is 33.4. The number of fused-ring (bicyclic) bond motifs is 1. The molecule has 100 valence electrons. The van der Waals surface area contributed by atoms with Crippen molar-refractivity contribution in [2.45, 2.75) is 51.1 Å². The fourth-order valence-corrected chi connectivity index (χ4v) is 3.85. The van der Waals surface area contributed by atoms with Crippen LogP contribution in [0.5, 0.6) is 0 Å². The first-order chi connectivity index (χ1) is 8.26. The summed E-state index contributed by atoms with van der Waals surface area (Å²) in [7, 11) is 2.31. The Balaban J connectivity index is 1.92. The lowest BCUT2D eigenvalue weighted by atomic mass is 9.83. The van der Waals surface area contributed by atoms with E-state index in [1.807, 2.05) is 0 Å². The van der Waals surface area contributed by atoms with Gasteiger partial charge in [0.2, 0.25) is 0 Å². The number of nitrogens with two attached hydrogens (primary N) is 1.